The minimum Gasteiger partial charge on any atom is -0.381 e. The number of ether oxygens (including phenoxy) is 1. The number of hydrogen-bond acceptors (Lipinski definition) is 4. The number of hydrogen-bond donors (Lipinski definition) is 3. The first-order valence-corrected chi connectivity index (χ1v) is 7.17. The van der Waals surface area contributed by atoms with E-state index >= 15 is 0 Å². The maximum Gasteiger partial charge on any atom is 0.244 e. The molecule has 2 atom stereocenters. The molecule has 0 radical (unpaired) electrons. The average molecular weight is 275 g/mol. The Hall–Kier alpha value is -1.75. The van der Waals surface area contributed by atoms with Crippen LogP contribution in [0, 0.1) is 0 Å². The second-order valence-corrected chi connectivity index (χ2v) is 5.74. The van der Waals surface area contributed by atoms with Crippen LogP contribution in [-0.2, 0) is 9.53 Å². The van der Waals surface area contributed by atoms with Crippen LogP contribution >= 0.6 is 0 Å². The molecule has 0 bridgehead atoms. The predicted octanol–water partition coefficient (Wildman–Crippen LogP) is 1.58. The fourth-order valence-corrected chi connectivity index (χ4v) is 2.75. The Kier molecular flexibility index (Phi) is 3.53. The Morgan fingerprint density at radius 3 is 3.00 bits per heavy atom. The standard InChI is InChI=1S/C15H21N3O2/c1-15(7-4-8-20-15)10-17-14(19)13-9-16-11-5-2-3-6-12(11)18-13/h2-3,5-6,13,16,18H,4,7-10H2,1H3,(H,17,19). The molecule has 2 aliphatic rings. The minimum absolute atomic E-state index is 0.0173. The summed E-state index contributed by atoms with van der Waals surface area (Å²) in [7, 11) is 0. The summed E-state index contributed by atoms with van der Waals surface area (Å²) in [4.78, 5) is 12.2. The van der Waals surface area contributed by atoms with E-state index in [4.69, 9.17) is 4.74 Å². The smallest absolute Gasteiger partial charge is 0.244 e. The number of benzene rings is 1. The van der Waals surface area contributed by atoms with Crippen molar-refractivity contribution in [2.45, 2.75) is 31.4 Å². The van der Waals surface area contributed by atoms with Crippen molar-refractivity contribution in [3.63, 3.8) is 0 Å². The summed E-state index contributed by atoms with van der Waals surface area (Å²) in [6.45, 7) is 4.02. The van der Waals surface area contributed by atoms with Crippen LogP contribution in [0.15, 0.2) is 24.3 Å². The van der Waals surface area contributed by atoms with E-state index in [0.29, 0.717) is 13.1 Å². The summed E-state index contributed by atoms with van der Waals surface area (Å²) in [5.41, 5.74) is 1.82. The van der Waals surface area contributed by atoms with Gasteiger partial charge in [0, 0.05) is 19.7 Å². The molecule has 2 unspecified atom stereocenters. The number of nitrogens with one attached hydrogen (secondary N) is 3. The minimum atomic E-state index is -0.241. The van der Waals surface area contributed by atoms with Gasteiger partial charge in [-0.3, -0.25) is 4.79 Å². The molecule has 5 heteroatoms. The number of amides is 1. The number of carbonyl (C=O) groups is 1. The van der Waals surface area contributed by atoms with Crippen molar-refractivity contribution < 1.29 is 9.53 Å². The van der Waals surface area contributed by atoms with Gasteiger partial charge in [0.05, 0.1) is 17.0 Å². The lowest BCUT2D eigenvalue weighted by Crippen LogP contribution is -2.49. The monoisotopic (exact) mass is 275 g/mol. The summed E-state index contributed by atoms with van der Waals surface area (Å²) < 4.78 is 5.68. The Morgan fingerprint density at radius 1 is 1.45 bits per heavy atom. The van der Waals surface area contributed by atoms with Crippen LogP contribution in [0.2, 0.25) is 0 Å². The van der Waals surface area contributed by atoms with Crippen LogP contribution in [-0.4, -0.2) is 37.2 Å². The number of carbonyl (C=O) groups excluding carboxylic acids is 1. The van der Waals surface area contributed by atoms with Crippen molar-refractivity contribution in [1.82, 2.24) is 5.32 Å². The largest absolute Gasteiger partial charge is 0.381 e. The Bertz CT molecular complexity index is 498. The summed E-state index contributed by atoms with van der Waals surface area (Å²) in [6.07, 6.45) is 2.08. The molecular weight excluding hydrogens is 254 g/mol. The number of para-hydroxylation sites is 2. The van der Waals surface area contributed by atoms with Crippen molar-refractivity contribution in [3.05, 3.63) is 24.3 Å². The molecule has 0 saturated carbocycles. The van der Waals surface area contributed by atoms with Gasteiger partial charge < -0.3 is 20.7 Å². The molecule has 1 aromatic rings. The molecule has 1 fully saturated rings. The third-order valence-electron chi connectivity index (χ3n) is 4.01. The van der Waals surface area contributed by atoms with E-state index in [-0.39, 0.29) is 17.6 Å². The van der Waals surface area contributed by atoms with Gasteiger partial charge in [0.1, 0.15) is 6.04 Å². The molecule has 0 aliphatic carbocycles. The molecule has 5 nitrogen and oxygen atoms in total. The second-order valence-electron chi connectivity index (χ2n) is 5.74. The summed E-state index contributed by atoms with van der Waals surface area (Å²) in [6, 6.07) is 7.68. The lowest BCUT2D eigenvalue weighted by atomic mass is 10.0. The highest BCUT2D eigenvalue weighted by Gasteiger charge is 2.31. The first-order chi connectivity index (χ1) is 9.66. The van der Waals surface area contributed by atoms with Gasteiger partial charge in [-0.15, -0.1) is 0 Å². The Balaban J connectivity index is 1.56. The topological polar surface area (TPSA) is 62.4 Å². The van der Waals surface area contributed by atoms with E-state index in [1.54, 1.807) is 0 Å². The fraction of sp³-hybridized carbons (Fsp3) is 0.533. The first kappa shape index (κ1) is 13.2. The van der Waals surface area contributed by atoms with Crippen LogP contribution in [0.3, 0.4) is 0 Å². The molecule has 0 spiro atoms. The van der Waals surface area contributed by atoms with Gasteiger partial charge in [-0.25, -0.2) is 0 Å². The van der Waals surface area contributed by atoms with Crippen LogP contribution < -0.4 is 16.0 Å². The van der Waals surface area contributed by atoms with Gasteiger partial charge in [0.15, 0.2) is 0 Å². The predicted molar refractivity (Wildman–Crippen MR) is 78.9 cm³/mol. The van der Waals surface area contributed by atoms with Crippen molar-refractivity contribution in [2.24, 2.45) is 0 Å². The molecule has 1 aromatic carbocycles. The third-order valence-corrected chi connectivity index (χ3v) is 4.01. The van der Waals surface area contributed by atoms with Crippen molar-refractivity contribution in [1.29, 1.82) is 0 Å². The quantitative estimate of drug-likeness (QED) is 0.784. The molecule has 108 valence electrons. The molecule has 3 N–H and O–H groups in total. The lowest BCUT2D eigenvalue weighted by Gasteiger charge is -2.29. The number of rotatable bonds is 3. The molecule has 2 heterocycles. The third kappa shape index (κ3) is 2.72. The van der Waals surface area contributed by atoms with Gasteiger partial charge in [0.2, 0.25) is 5.91 Å². The Labute approximate surface area is 119 Å². The van der Waals surface area contributed by atoms with E-state index in [1.165, 1.54) is 0 Å². The zero-order valence-corrected chi connectivity index (χ0v) is 11.7. The zero-order valence-electron chi connectivity index (χ0n) is 11.7. The highest BCUT2D eigenvalue weighted by Crippen LogP contribution is 2.26. The summed E-state index contributed by atoms with van der Waals surface area (Å²) >= 11 is 0. The van der Waals surface area contributed by atoms with Crippen LogP contribution in [0.5, 0.6) is 0 Å². The zero-order chi connectivity index (χ0) is 14.0. The maximum absolute atomic E-state index is 12.2. The molecular formula is C15H21N3O2. The van der Waals surface area contributed by atoms with Gasteiger partial charge >= 0.3 is 0 Å². The highest BCUT2D eigenvalue weighted by molar-refractivity contribution is 5.88. The van der Waals surface area contributed by atoms with E-state index in [0.717, 1.165) is 30.8 Å². The lowest BCUT2D eigenvalue weighted by molar-refractivity contribution is -0.122. The van der Waals surface area contributed by atoms with Crippen LogP contribution in [0.1, 0.15) is 19.8 Å². The molecule has 1 saturated heterocycles. The Morgan fingerprint density at radius 2 is 2.25 bits per heavy atom. The van der Waals surface area contributed by atoms with Crippen molar-refractivity contribution in [2.75, 3.05) is 30.3 Å². The number of fused-ring (bicyclic) bond motifs is 1. The molecule has 20 heavy (non-hydrogen) atoms. The normalized spacial score (nSPS) is 28.1. The fourth-order valence-electron chi connectivity index (χ4n) is 2.75. The van der Waals surface area contributed by atoms with Gasteiger partial charge in [-0.1, -0.05) is 12.1 Å². The number of anilines is 2. The van der Waals surface area contributed by atoms with Gasteiger partial charge in [-0.2, -0.15) is 0 Å². The van der Waals surface area contributed by atoms with Gasteiger partial charge in [-0.05, 0) is 31.9 Å². The van der Waals surface area contributed by atoms with Crippen molar-refractivity contribution >= 4 is 17.3 Å². The van der Waals surface area contributed by atoms with Crippen molar-refractivity contribution in [3.8, 4) is 0 Å². The van der Waals surface area contributed by atoms with Crippen LogP contribution in [0.25, 0.3) is 0 Å². The molecule has 1 amide bonds. The van der Waals surface area contributed by atoms with Crippen LogP contribution in [0.4, 0.5) is 11.4 Å². The SMILES string of the molecule is CC1(CNC(=O)C2CNc3ccccc3N2)CCCO1. The van der Waals surface area contributed by atoms with E-state index in [1.807, 2.05) is 24.3 Å². The first-order valence-electron chi connectivity index (χ1n) is 7.17. The van der Waals surface area contributed by atoms with E-state index in [9.17, 15) is 4.79 Å². The average Bonchev–Trinajstić information content (AvgIpc) is 2.91. The van der Waals surface area contributed by atoms with E-state index < -0.39 is 0 Å². The summed E-state index contributed by atoms with van der Waals surface area (Å²) in [5.74, 6) is 0.0173. The summed E-state index contributed by atoms with van der Waals surface area (Å²) in [5, 5.41) is 9.54. The molecule has 3 rings (SSSR count). The molecule has 0 aromatic heterocycles. The second kappa shape index (κ2) is 5.32. The van der Waals surface area contributed by atoms with Gasteiger partial charge in [0.25, 0.3) is 0 Å². The highest BCUT2D eigenvalue weighted by atomic mass is 16.5. The van der Waals surface area contributed by atoms with E-state index in [2.05, 4.69) is 22.9 Å². The molecule has 2 aliphatic heterocycles. The maximum atomic E-state index is 12.2.